The minimum absolute atomic E-state index is 0.0274. The van der Waals surface area contributed by atoms with Crippen LogP contribution < -0.4 is 0 Å². The van der Waals surface area contributed by atoms with E-state index in [1.807, 2.05) is 6.92 Å². The lowest BCUT2D eigenvalue weighted by molar-refractivity contribution is 0.334. The Kier molecular flexibility index (Phi) is 3.99. The molecule has 1 fully saturated rings. The summed E-state index contributed by atoms with van der Waals surface area (Å²) in [6, 6.07) is 0.0954. The number of hydrogen-bond donors (Lipinski definition) is 0. The highest BCUT2D eigenvalue weighted by molar-refractivity contribution is 7.89. The van der Waals surface area contributed by atoms with Crippen molar-refractivity contribution in [3.63, 3.8) is 0 Å². The zero-order valence-electron chi connectivity index (χ0n) is 10.6. The Morgan fingerprint density at radius 2 is 2.11 bits per heavy atom. The average molecular weight is 292 g/mol. The normalized spacial score (nSPS) is 17.8. The summed E-state index contributed by atoms with van der Waals surface area (Å²) in [5, 5.41) is 0.145. The Hall–Kier alpha value is -0.590. The minimum Gasteiger partial charge on any atom is -0.324 e. The largest absolute Gasteiger partial charge is 0.324 e. The summed E-state index contributed by atoms with van der Waals surface area (Å²) < 4.78 is 28.1. The maximum Gasteiger partial charge on any atom is 0.263 e. The van der Waals surface area contributed by atoms with Gasteiger partial charge in [-0.2, -0.15) is 4.31 Å². The molecule has 2 rings (SSSR count). The molecule has 0 aliphatic heterocycles. The van der Waals surface area contributed by atoms with E-state index in [9.17, 15) is 8.42 Å². The van der Waals surface area contributed by atoms with Crippen LogP contribution in [0.2, 0.25) is 5.15 Å². The van der Waals surface area contributed by atoms with Crippen LogP contribution in [0.1, 0.15) is 32.6 Å². The summed E-state index contributed by atoms with van der Waals surface area (Å²) in [5.41, 5.74) is 0. The molecule has 1 aromatic rings. The molecule has 5 nitrogen and oxygen atoms in total. The average Bonchev–Trinajstić information content (AvgIpc) is 2.92. The van der Waals surface area contributed by atoms with Crippen molar-refractivity contribution in [1.29, 1.82) is 0 Å². The van der Waals surface area contributed by atoms with E-state index in [2.05, 4.69) is 4.98 Å². The van der Waals surface area contributed by atoms with Crippen LogP contribution in [0.25, 0.3) is 0 Å². The van der Waals surface area contributed by atoms with Gasteiger partial charge in [0.05, 0.1) is 6.33 Å². The number of nitrogens with zero attached hydrogens (tertiary/aromatic N) is 3. The van der Waals surface area contributed by atoms with E-state index in [0.717, 1.165) is 25.7 Å². The van der Waals surface area contributed by atoms with Crippen molar-refractivity contribution in [1.82, 2.24) is 13.9 Å². The predicted molar refractivity (Wildman–Crippen MR) is 70.0 cm³/mol. The van der Waals surface area contributed by atoms with E-state index in [4.69, 9.17) is 11.6 Å². The lowest BCUT2D eigenvalue weighted by atomic mass is 10.2. The molecular weight excluding hydrogens is 274 g/mol. The van der Waals surface area contributed by atoms with Gasteiger partial charge in [0.25, 0.3) is 10.0 Å². The zero-order valence-corrected chi connectivity index (χ0v) is 12.2. The fourth-order valence-electron chi connectivity index (χ4n) is 2.49. The Balaban J connectivity index is 2.37. The third kappa shape index (κ3) is 2.29. The fraction of sp³-hybridized carbons (Fsp3) is 0.727. The number of imidazole rings is 1. The maximum atomic E-state index is 12.6. The van der Waals surface area contributed by atoms with Crippen molar-refractivity contribution in [2.45, 2.75) is 43.7 Å². The third-order valence-corrected chi connectivity index (χ3v) is 5.95. The zero-order chi connectivity index (χ0) is 13.3. The van der Waals surface area contributed by atoms with Crippen LogP contribution >= 0.6 is 11.6 Å². The molecule has 1 aromatic heterocycles. The smallest absolute Gasteiger partial charge is 0.263 e. The van der Waals surface area contributed by atoms with E-state index in [0.29, 0.717) is 6.54 Å². The van der Waals surface area contributed by atoms with Gasteiger partial charge >= 0.3 is 0 Å². The Labute approximate surface area is 113 Å². The summed E-state index contributed by atoms with van der Waals surface area (Å²) in [5.74, 6) is 0. The molecule has 1 heterocycles. The Morgan fingerprint density at radius 3 is 2.56 bits per heavy atom. The maximum absolute atomic E-state index is 12.6. The quantitative estimate of drug-likeness (QED) is 0.853. The lowest BCUT2D eigenvalue weighted by Crippen LogP contribution is -2.38. The van der Waals surface area contributed by atoms with Crippen LogP contribution in [0.5, 0.6) is 0 Å². The first-order chi connectivity index (χ1) is 8.48. The summed E-state index contributed by atoms with van der Waals surface area (Å²) >= 11 is 6.00. The number of sulfonamides is 1. The van der Waals surface area contributed by atoms with Crippen molar-refractivity contribution in [2.24, 2.45) is 7.05 Å². The van der Waals surface area contributed by atoms with Crippen LogP contribution in [-0.2, 0) is 17.1 Å². The molecule has 7 heteroatoms. The fourth-order valence-corrected chi connectivity index (χ4v) is 4.58. The van der Waals surface area contributed by atoms with Crippen molar-refractivity contribution in [2.75, 3.05) is 6.54 Å². The molecule has 0 aromatic carbocycles. The van der Waals surface area contributed by atoms with Gasteiger partial charge in [-0.1, -0.05) is 31.4 Å². The number of hydrogen-bond acceptors (Lipinski definition) is 3. The first-order valence-corrected chi connectivity index (χ1v) is 7.99. The molecule has 0 radical (unpaired) electrons. The van der Waals surface area contributed by atoms with Crippen LogP contribution in [0, 0.1) is 0 Å². The third-order valence-electron chi connectivity index (χ3n) is 3.43. The number of aryl methyl sites for hydroxylation is 1. The van der Waals surface area contributed by atoms with Crippen molar-refractivity contribution >= 4 is 21.6 Å². The van der Waals surface area contributed by atoms with Gasteiger partial charge in [0.15, 0.2) is 0 Å². The van der Waals surface area contributed by atoms with Gasteiger partial charge < -0.3 is 4.57 Å². The van der Waals surface area contributed by atoms with Gasteiger partial charge in [0, 0.05) is 19.6 Å². The molecular formula is C11H18ClN3O2S. The highest BCUT2D eigenvalue weighted by Gasteiger charge is 2.35. The molecule has 18 heavy (non-hydrogen) atoms. The lowest BCUT2D eigenvalue weighted by Gasteiger charge is -2.25. The van der Waals surface area contributed by atoms with Crippen LogP contribution in [0.3, 0.4) is 0 Å². The highest BCUT2D eigenvalue weighted by atomic mass is 35.5. The van der Waals surface area contributed by atoms with Gasteiger partial charge in [-0.15, -0.1) is 0 Å². The molecule has 1 aliphatic carbocycles. The molecule has 0 unspecified atom stereocenters. The van der Waals surface area contributed by atoms with Crippen LogP contribution in [0.15, 0.2) is 11.4 Å². The topological polar surface area (TPSA) is 55.2 Å². The summed E-state index contributed by atoms with van der Waals surface area (Å²) in [4.78, 5) is 3.93. The van der Waals surface area contributed by atoms with Crippen molar-refractivity contribution < 1.29 is 8.42 Å². The van der Waals surface area contributed by atoms with Gasteiger partial charge in [-0.3, -0.25) is 0 Å². The minimum atomic E-state index is -3.57. The van der Waals surface area contributed by atoms with Crippen LogP contribution in [-0.4, -0.2) is 34.9 Å². The van der Waals surface area contributed by atoms with Gasteiger partial charge in [0.2, 0.25) is 5.03 Å². The van der Waals surface area contributed by atoms with Crippen LogP contribution in [0.4, 0.5) is 0 Å². The van der Waals surface area contributed by atoms with E-state index in [-0.39, 0.29) is 16.2 Å². The Morgan fingerprint density at radius 1 is 1.50 bits per heavy atom. The van der Waals surface area contributed by atoms with Gasteiger partial charge in [-0.05, 0) is 12.8 Å². The molecule has 0 N–H and O–H groups in total. The van der Waals surface area contributed by atoms with Crippen molar-refractivity contribution in [3.05, 3.63) is 11.5 Å². The molecule has 0 saturated heterocycles. The number of halogens is 1. The predicted octanol–water partition coefficient (Wildman–Crippen LogP) is 2.03. The molecule has 1 saturated carbocycles. The molecule has 0 spiro atoms. The van der Waals surface area contributed by atoms with E-state index in [1.54, 1.807) is 7.05 Å². The van der Waals surface area contributed by atoms with Crippen molar-refractivity contribution in [3.8, 4) is 0 Å². The number of rotatable bonds is 4. The second-order valence-corrected chi connectivity index (χ2v) is 6.76. The summed E-state index contributed by atoms with van der Waals surface area (Å²) in [6.07, 6.45) is 5.46. The second-order valence-electron chi connectivity index (χ2n) is 4.60. The van der Waals surface area contributed by atoms with Gasteiger partial charge in [0.1, 0.15) is 5.15 Å². The van der Waals surface area contributed by atoms with E-state index < -0.39 is 10.0 Å². The van der Waals surface area contributed by atoms with E-state index in [1.165, 1.54) is 15.2 Å². The monoisotopic (exact) mass is 291 g/mol. The Bertz CT molecular complexity index is 520. The standard InChI is InChI=1S/C11H18ClN3O2S/c1-3-15(9-6-4-5-7-9)18(16,17)11-10(12)14(2)8-13-11/h8-9H,3-7H2,1-2H3. The molecule has 1 aliphatic rings. The first-order valence-electron chi connectivity index (χ1n) is 6.17. The summed E-state index contributed by atoms with van der Waals surface area (Å²) in [6.45, 7) is 2.31. The second kappa shape index (κ2) is 5.19. The SMILES string of the molecule is CCN(C1CCCC1)S(=O)(=O)c1ncn(C)c1Cl. The molecule has 0 atom stereocenters. The highest BCUT2D eigenvalue weighted by Crippen LogP contribution is 2.30. The van der Waals surface area contributed by atoms with E-state index >= 15 is 0 Å². The molecule has 102 valence electrons. The van der Waals surface area contributed by atoms with Gasteiger partial charge in [-0.25, -0.2) is 13.4 Å². The molecule has 0 amide bonds. The summed E-state index contributed by atoms with van der Waals surface area (Å²) in [7, 11) is -1.89. The number of aromatic nitrogens is 2. The first kappa shape index (κ1) is 13.8. The molecule has 0 bridgehead atoms.